The average molecular weight is 142 g/mol. The Labute approximate surface area is 61.2 Å². The highest BCUT2D eigenvalue weighted by Crippen LogP contribution is 1.99. The molecular weight excluding hydrogens is 128 g/mol. The fourth-order valence-corrected chi connectivity index (χ4v) is 0.659. The number of nitrogens with two attached hydrogens (primary N) is 1. The third kappa shape index (κ3) is 1.92. The van der Waals surface area contributed by atoms with E-state index in [4.69, 9.17) is 10.5 Å². The zero-order valence-electron chi connectivity index (χ0n) is 6.26. The summed E-state index contributed by atoms with van der Waals surface area (Å²) in [5.74, 6) is 0. The van der Waals surface area contributed by atoms with Crippen molar-refractivity contribution in [3.8, 4) is 0 Å². The van der Waals surface area contributed by atoms with Crippen LogP contribution in [0.4, 0.5) is 0 Å². The molecule has 58 valence electrons. The summed E-state index contributed by atoms with van der Waals surface area (Å²) in [6, 6.07) is 0.491. The second kappa shape index (κ2) is 3.46. The van der Waals surface area contributed by atoms with Crippen molar-refractivity contribution in [3.63, 3.8) is 0 Å². The van der Waals surface area contributed by atoms with Crippen LogP contribution in [0.5, 0.6) is 0 Å². The van der Waals surface area contributed by atoms with Crippen LogP contribution in [0.3, 0.4) is 0 Å². The van der Waals surface area contributed by atoms with E-state index >= 15 is 0 Å². The first-order chi connectivity index (χ1) is 4.83. The summed E-state index contributed by atoms with van der Waals surface area (Å²) in [6.45, 7) is 3.66. The largest absolute Gasteiger partial charge is 0.401 e. The van der Waals surface area contributed by atoms with E-state index in [1.54, 1.807) is 0 Å². The molecule has 0 amide bonds. The van der Waals surface area contributed by atoms with Crippen molar-refractivity contribution >= 4 is 0 Å². The molecule has 0 aliphatic carbocycles. The number of hydrogen-bond donors (Lipinski definition) is 2. The lowest BCUT2D eigenvalue weighted by Crippen LogP contribution is -2.43. The average Bonchev–Trinajstić information content (AvgIpc) is 1.84. The molecule has 1 saturated heterocycles. The van der Waals surface area contributed by atoms with Gasteiger partial charge in [0.1, 0.15) is 0 Å². The van der Waals surface area contributed by atoms with Crippen LogP contribution < -0.4 is 11.1 Å². The molecule has 3 heteroatoms. The lowest BCUT2D eigenvalue weighted by Gasteiger charge is -2.26. The Kier molecular flexibility index (Phi) is 2.57. The first kappa shape index (κ1) is 7.41. The van der Waals surface area contributed by atoms with E-state index in [1.807, 2.05) is 13.1 Å². The maximum atomic E-state index is 5.56. The van der Waals surface area contributed by atoms with Crippen molar-refractivity contribution < 1.29 is 4.74 Å². The standard InChI is InChI=1S/C7H14N2O/c1-2-6(8)3-9-7-4-10-5-7/h3,7,9H,2,4-5,8H2,1H3/b6-3-. The maximum absolute atomic E-state index is 5.56. The second-order valence-electron chi connectivity index (χ2n) is 2.47. The SMILES string of the molecule is CC/C(N)=C/NC1COC1. The van der Waals surface area contributed by atoms with E-state index < -0.39 is 0 Å². The molecule has 0 radical (unpaired) electrons. The van der Waals surface area contributed by atoms with Crippen molar-refractivity contribution in [2.75, 3.05) is 13.2 Å². The first-order valence-corrected chi connectivity index (χ1v) is 3.61. The van der Waals surface area contributed by atoms with Gasteiger partial charge in [-0.2, -0.15) is 0 Å². The van der Waals surface area contributed by atoms with Gasteiger partial charge in [0.05, 0.1) is 19.3 Å². The molecule has 0 bridgehead atoms. The fourth-order valence-electron chi connectivity index (χ4n) is 0.659. The minimum Gasteiger partial charge on any atom is -0.401 e. The van der Waals surface area contributed by atoms with Gasteiger partial charge in [-0.15, -0.1) is 0 Å². The molecule has 1 aliphatic heterocycles. The third-order valence-corrected chi connectivity index (χ3v) is 1.55. The molecule has 1 aliphatic rings. The highest BCUT2D eigenvalue weighted by Gasteiger charge is 2.15. The Bertz CT molecular complexity index is 130. The van der Waals surface area contributed by atoms with E-state index in [0.717, 1.165) is 25.3 Å². The van der Waals surface area contributed by atoms with Crippen LogP contribution in [-0.2, 0) is 4.74 Å². The molecule has 0 saturated carbocycles. The van der Waals surface area contributed by atoms with Gasteiger partial charge >= 0.3 is 0 Å². The zero-order valence-corrected chi connectivity index (χ0v) is 6.26. The van der Waals surface area contributed by atoms with Gasteiger partial charge in [0, 0.05) is 11.9 Å². The summed E-state index contributed by atoms with van der Waals surface area (Å²) in [4.78, 5) is 0. The van der Waals surface area contributed by atoms with Crippen LogP contribution in [0.15, 0.2) is 11.9 Å². The highest BCUT2D eigenvalue weighted by molar-refractivity contribution is 4.95. The smallest absolute Gasteiger partial charge is 0.0724 e. The summed E-state index contributed by atoms with van der Waals surface area (Å²) < 4.78 is 4.97. The van der Waals surface area contributed by atoms with Gasteiger partial charge in [0.25, 0.3) is 0 Å². The first-order valence-electron chi connectivity index (χ1n) is 3.61. The summed E-state index contributed by atoms with van der Waals surface area (Å²) in [5.41, 5.74) is 6.45. The number of hydrogen-bond acceptors (Lipinski definition) is 3. The summed E-state index contributed by atoms with van der Waals surface area (Å²) in [5, 5.41) is 3.16. The molecule has 0 aromatic carbocycles. The van der Waals surface area contributed by atoms with Crippen LogP contribution >= 0.6 is 0 Å². The molecule has 0 unspecified atom stereocenters. The van der Waals surface area contributed by atoms with Gasteiger partial charge in [0.2, 0.25) is 0 Å². The molecular formula is C7H14N2O. The molecule has 0 aromatic heterocycles. The predicted octanol–water partition coefficient (Wildman–Crippen LogP) is 0.185. The Morgan fingerprint density at radius 2 is 2.50 bits per heavy atom. The third-order valence-electron chi connectivity index (χ3n) is 1.55. The van der Waals surface area contributed by atoms with Crippen molar-refractivity contribution in [2.45, 2.75) is 19.4 Å². The molecule has 3 N–H and O–H groups in total. The zero-order chi connectivity index (χ0) is 7.40. The monoisotopic (exact) mass is 142 g/mol. The van der Waals surface area contributed by atoms with E-state index in [2.05, 4.69) is 5.32 Å². The van der Waals surface area contributed by atoms with Crippen molar-refractivity contribution in [1.29, 1.82) is 0 Å². The van der Waals surface area contributed by atoms with Gasteiger partial charge in [-0.3, -0.25) is 0 Å². The number of ether oxygens (including phenoxy) is 1. The van der Waals surface area contributed by atoms with E-state index in [9.17, 15) is 0 Å². The second-order valence-corrected chi connectivity index (χ2v) is 2.47. The van der Waals surface area contributed by atoms with Crippen LogP contribution in [0.1, 0.15) is 13.3 Å². The molecule has 1 heterocycles. The minimum atomic E-state index is 0.491. The van der Waals surface area contributed by atoms with Crippen molar-refractivity contribution in [2.24, 2.45) is 5.73 Å². The van der Waals surface area contributed by atoms with Gasteiger partial charge < -0.3 is 15.8 Å². The summed E-state index contributed by atoms with van der Waals surface area (Å²) in [7, 11) is 0. The van der Waals surface area contributed by atoms with Gasteiger partial charge in [-0.05, 0) is 6.42 Å². The van der Waals surface area contributed by atoms with Crippen LogP contribution in [0.2, 0.25) is 0 Å². The molecule has 1 fully saturated rings. The van der Waals surface area contributed by atoms with Crippen molar-refractivity contribution in [3.05, 3.63) is 11.9 Å². The summed E-state index contributed by atoms with van der Waals surface area (Å²) >= 11 is 0. The normalized spacial score (nSPS) is 20.3. The lowest BCUT2D eigenvalue weighted by atomic mass is 10.2. The Balaban J connectivity index is 2.12. The summed E-state index contributed by atoms with van der Waals surface area (Å²) in [6.07, 6.45) is 2.77. The number of nitrogens with one attached hydrogen (secondary N) is 1. The molecule has 10 heavy (non-hydrogen) atoms. The number of rotatable bonds is 3. The van der Waals surface area contributed by atoms with Gasteiger partial charge in [-0.1, -0.05) is 6.92 Å². The maximum Gasteiger partial charge on any atom is 0.0724 e. The van der Waals surface area contributed by atoms with Gasteiger partial charge in [0.15, 0.2) is 0 Å². The van der Waals surface area contributed by atoms with Crippen molar-refractivity contribution in [1.82, 2.24) is 5.32 Å². The van der Waals surface area contributed by atoms with Gasteiger partial charge in [-0.25, -0.2) is 0 Å². The molecule has 0 atom stereocenters. The van der Waals surface area contributed by atoms with Crippen LogP contribution in [0.25, 0.3) is 0 Å². The molecule has 0 spiro atoms. The van der Waals surface area contributed by atoms with Crippen LogP contribution in [0, 0.1) is 0 Å². The Hall–Kier alpha value is -0.700. The number of allylic oxidation sites excluding steroid dienone is 1. The fraction of sp³-hybridized carbons (Fsp3) is 0.714. The quantitative estimate of drug-likeness (QED) is 0.591. The molecule has 3 nitrogen and oxygen atoms in total. The highest BCUT2D eigenvalue weighted by atomic mass is 16.5. The van der Waals surface area contributed by atoms with E-state index in [1.165, 1.54) is 0 Å². The lowest BCUT2D eigenvalue weighted by molar-refractivity contribution is 0.000653. The Morgan fingerprint density at radius 1 is 1.80 bits per heavy atom. The van der Waals surface area contributed by atoms with E-state index in [-0.39, 0.29) is 0 Å². The molecule has 0 aromatic rings. The predicted molar refractivity (Wildman–Crippen MR) is 40.3 cm³/mol. The topological polar surface area (TPSA) is 47.3 Å². The van der Waals surface area contributed by atoms with Crippen LogP contribution in [-0.4, -0.2) is 19.3 Å². The Morgan fingerprint density at radius 3 is 2.90 bits per heavy atom. The minimum absolute atomic E-state index is 0.491. The van der Waals surface area contributed by atoms with E-state index in [0.29, 0.717) is 6.04 Å². The molecule has 1 rings (SSSR count).